The topological polar surface area (TPSA) is 56.5 Å². The van der Waals surface area contributed by atoms with Gasteiger partial charge in [-0.2, -0.15) is 0 Å². The second-order valence-corrected chi connectivity index (χ2v) is 5.48. The Morgan fingerprint density at radius 2 is 2.44 bits per heavy atom. The average Bonchev–Trinajstić information content (AvgIpc) is 2.86. The van der Waals surface area contributed by atoms with Gasteiger partial charge in [-0.05, 0) is 25.5 Å². The molecule has 4 nitrogen and oxygen atoms in total. The number of hydrogen-bond donors (Lipinski definition) is 0. The van der Waals surface area contributed by atoms with Crippen molar-refractivity contribution in [1.82, 2.24) is 0 Å². The number of hydrogen-bond acceptors (Lipinski definition) is 4. The maximum atomic E-state index is 11.9. The number of furan rings is 1. The lowest BCUT2D eigenvalue weighted by Crippen LogP contribution is -2.27. The van der Waals surface area contributed by atoms with Crippen LogP contribution in [0.25, 0.3) is 0 Å². The van der Waals surface area contributed by atoms with Crippen LogP contribution in [0.1, 0.15) is 23.9 Å². The molecule has 0 aliphatic carbocycles. The molecule has 0 spiro atoms. The molecule has 16 heavy (non-hydrogen) atoms. The van der Waals surface area contributed by atoms with E-state index in [9.17, 15) is 9.00 Å². The van der Waals surface area contributed by atoms with Gasteiger partial charge in [0.15, 0.2) is 5.76 Å². The van der Waals surface area contributed by atoms with Crippen molar-refractivity contribution in [1.29, 1.82) is 0 Å². The summed E-state index contributed by atoms with van der Waals surface area (Å²) in [6.45, 7) is 2.53. The quantitative estimate of drug-likeness (QED) is 0.749. The first-order chi connectivity index (χ1) is 7.68. The minimum Gasteiger partial charge on any atom is -0.461 e. The maximum absolute atomic E-state index is 11.9. The Bertz CT molecular complexity index is 385. The highest BCUT2D eigenvalue weighted by molar-refractivity contribution is 7.86. The normalized spacial score (nSPS) is 26.8. The number of carbonyl (C=O) groups is 1. The van der Waals surface area contributed by atoms with Gasteiger partial charge in [0.25, 0.3) is 0 Å². The summed E-state index contributed by atoms with van der Waals surface area (Å²) in [4.78, 5) is 11.7. The Labute approximate surface area is 96.4 Å². The largest absolute Gasteiger partial charge is 0.461 e. The van der Waals surface area contributed by atoms with Crippen molar-refractivity contribution in [3.05, 3.63) is 24.2 Å². The molecule has 0 aromatic carbocycles. The lowest BCUT2D eigenvalue weighted by Gasteiger charge is -2.12. The first-order valence-electron chi connectivity index (χ1n) is 5.24. The smallest absolute Gasteiger partial charge is 0.210 e. The van der Waals surface area contributed by atoms with Crippen molar-refractivity contribution < 1.29 is 18.2 Å². The molecule has 1 aromatic rings. The van der Waals surface area contributed by atoms with Gasteiger partial charge in [0.05, 0.1) is 23.4 Å². The van der Waals surface area contributed by atoms with E-state index in [2.05, 4.69) is 0 Å². The van der Waals surface area contributed by atoms with Crippen LogP contribution in [0.15, 0.2) is 22.8 Å². The third kappa shape index (κ3) is 2.41. The molecule has 0 saturated carbocycles. The van der Waals surface area contributed by atoms with E-state index in [0.717, 1.165) is 6.42 Å². The summed E-state index contributed by atoms with van der Waals surface area (Å²) in [6, 6.07) is 3.24. The molecular formula is C11H14O4S. The Morgan fingerprint density at radius 3 is 3.00 bits per heavy atom. The van der Waals surface area contributed by atoms with Gasteiger partial charge in [0.1, 0.15) is 0 Å². The van der Waals surface area contributed by atoms with Crippen LogP contribution in [0, 0.1) is 0 Å². The number of ether oxygens (including phenoxy) is 1. The zero-order chi connectivity index (χ0) is 11.5. The molecular weight excluding hydrogens is 228 g/mol. The highest BCUT2D eigenvalue weighted by Gasteiger charge is 2.31. The summed E-state index contributed by atoms with van der Waals surface area (Å²) in [6.07, 6.45) is 2.18. The molecule has 2 rings (SSSR count). The second kappa shape index (κ2) is 4.93. The lowest BCUT2D eigenvalue weighted by molar-refractivity contribution is 0.0991. The van der Waals surface area contributed by atoms with E-state index < -0.39 is 10.8 Å². The maximum Gasteiger partial charge on any atom is 0.210 e. The standard InChI is InChI=1S/C11H14O4S/c1-8-11(4-6-14-8)16(13)7-9(12)10-3-2-5-15-10/h2-3,5,8,11H,4,6-7H2,1H3. The number of ketones is 1. The fourth-order valence-corrected chi connectivity index (χ4v) is 3.28. The molecule has 1 aliphatic heterocycles. The summed E-state index contributed by atoms with van der Waals surface area (Å²) >= 11 is 0. The monoisotopic (exact) mass is 242 g/mol. The Morgan fingerprint density at radius 1 is 1.62 bits per heavy atom. The van der Waals surface area contributed by atoms with Crippen LogP contribution in [0.5, 0.6) is 0 Å². The zero-order valence-electron chi connectivity index (χ0n) is 9.05. The molecule has 2 heterocycles. The molecule has 3 unspecified atom stereocenters. The molecule has 1 saturated heterocycles. The molecule has 0 amide bonds. The van der Waals surface area contributed by atoms with Crippen LogP contribution in [-0.2, 0) is 15.5 Å². The van der Waals surface area contributed by atoms with E-state index in [1.807, 2.05) is 6.92 Å². The summed E-state index contributed by atoms with van der Waals surface area (Å²) in [5, 5.41) is -0.0288. The molecule has 5 heteroatoms. The molecule has 1 fully saturated rings. The third-order valence-electron chi connectivity index (χ3n) is 2.71. The molecule has 3 atom stereocenters. The zero-order valence-corrected chi connectivity index (χ0v) is 9.87. The molecule has 88 valence electrons. The fraction of sp³-hybridized carbons (Fsp3) is 0.545. The van der Waals surface area contributed by atoms with Crippen molar-refractivity contribution >= 4 is 16.6 Å². The van der Waals surface area contributed by atoms with E-state index >= 15 is 0 Å². The Kier molecular flexibility index (Phi) is 3.56. The highest BCUT2D eigenvalue weighted by atomic mass is 32.2. The summed E-state index contributed by atoms with van der Waals surface area (Å²) < 4.78 is 22.2. The van der Waals surface area contributed by atoms with Gasteiger partial charge < -0.3 is 9.15 Å². The number of rotatable bonds is 4. The predicted octanol–water partition coefficient (Wildman–Crippen LogP) is 1.39. The van der Waals surface area contributed by atoms with Crippen LogP contribution in [0.3, 0.4) is 0 Å². The van der Waals surface area contributed by atoms with Gasteiger partial charge in [-0.1, -0.05) is 0 Å². The summed E-state index contributed by atoms with van der Waals surface area (Å²) in [7, 11) is -1.17. The fourth-order valence-electron chi connectivity index (χ4n) is 1.80. The van der Waals surface area contributed by atoms with Crippen LogP contribution in [0.2, 0.25) is 0 Å². The van der Waals surface area contributed by atoms with Gasteiger partial charge in [0, 0.05) is 17.4 Å². The minimum atomic E-state index is -1.17. The van der Waals surface area contributed by atoms with Crippen molar-refractivity contribution in [2.75, 3.05) is 12.4 Å². The van der Waals surface area contributed by atoms with Gasteiger partial charge in [-0.15, -0.1) is 0 Å². The molecule has 1 aromatic heterocycles. The SMILES string of the molecule is CC1OCCC1S(=O)CC(=O)c1ccco1. The van der Waals surface area contributed by atoms with E-state index in [1.54, 1.807) is 12.1 Å². The van der Waals surface area contributed by atoms with Crippen LogP contribution in [-0.4, -0.2) is 33.7 Å². The van der Waals surface area contributed by atoms with Gasteiger partial charge in [0.2, 0.25) is 5.78 Å². The molecule has 0 radical (unpaired) electrons. The van der Waals surface area contributed by atoms with Crippen molar-refractivity contribution in [3.8, 4) is 0 Å². The summed E-state index contributed by atoms with van der Waals surface area (Å²) in [5.74, 6) is 0.0913. The Balaban J connectivity index is 1.95. The minimum absolute atomic E-state index is 0.0197. The highest BCUT2D eigenvalue weighted by Crippen LogP contribution is 2.19. The predicted molar refractivity (Wildman–Crippen MR) is 59.9 cm³/mol. The van der Waals surface area contributed by atoms with Gasteiger partial charge in [-0.3, -0.25) is 9.00 Å². The van der Waals surface area contributed by atoms with E-state index in [1.165, 1.54) is 6.26 Å². The number of carbonyl (C=O) groups excluding carboxylic acids is 1. The van der Waals surface area contributed by atoms with E-state index in [-0.39, 0.29) is 28.7 Å². The van der Waals surface area contributed by atoms with Gasteiger partial charge >= 0.3 is 0 Å². The van der Waals surface area contributed by atoms with Crippen LogP contribution >= 0.6 is 0 Å². The van der Waals surface area contributed by atoms with E-state index in [0.29, 0.717) is 6.61 Å². The second-order valence-electron chi connectivity index (χ2n) is 3.83. The van der Waals surface area contributed by atoms with Crippen molar-refractivity contribution in [2.45, 2.75) is 24.7 Å². The number of Topliss-reactive ketones (excluding diaryl/α,β-unsaturated/α-hetero) is 1. The first kappa shape index (κ1) is 11.5. The van der Waals surface area contributed by atoms with Gasteiger partial charge in [-0.25, -0.2) is 0 Å². The van der Waals surface area contributed by atoms with Crippen LogP contribution < -0.4 is 0 Å². The molecule has 0 bridgehead atoms. The Hall–Kier alpha value is -0.940. The average molecular weight is 242 g/mol. The van der Waals surface area contributed by atoms with E-state index in [4.69, 9.17) is 9.15 Å². The third-order valence-corrected chi connectivity index (χ3v) is 4.55. The molecule has 1 aliphatic rings. The van der Waals surface area contributed by atoms with Crippen molar-refractivity contribution in [3.63, 3.8) is 0 Å². The van der Waals surface area contributed by atoms with Crippen molar-refractivity contribution in [2.24, 2.45) is 0 Å². The lowest BCUT2D eigenvalue weighted by atomic mass is 10.3. The summed E-state index contributed by atoms with van der Waals surface area (Å²) in [5.41, 5.74) is 0. The molecule has 0 N–H and O–H groups in total. The van der Waals surface area contributed by atoms with Crippen LogP contribution in [0.4, 0.5) is 0 Å². The first-order valence-corrected chi connectivity index (χ1v) is 6.62.